The van der Waals surface area contributed by atoms with Crippen molar-refractivity contribution < 1.29 is 9.18 Å². The number of nitriles is 1. The number of rotatable bonds is 4. The highest BCUT2D eigenvalue weighted by molar-refractivity contribution is 5.82. The number of hydrogen-bond acceptors (Lipinski definition) is 4. The first-order chi connectivity index (χ1) is 14.0. The van der Waals surface area contributed by atoms with E-state index in [0.29, 0.717) is 18.0 Å². The van der Waals surface area contributed by atoms with Gasteiger partial charge >= 0.3 is 0 Å². The van der Waals surface area contributed by atoms with Crippen LogP contribution >= 0.6 is 0 Å². The van der Waals surface area contributed by atoms with Crippen molar-refractivity contribution in [2.24, 2.45) is 5.92 Å². The fourth-order valence-corrected chi connectivity index (χ4v) is 4.23. The van der Waals surface area contributed by atoms with Gasteiger partial charge in [0.2, 0.25) is 5.91 Å². The van der Waals surface area contributed by atoms with E-state index in [-0.39, 0.29) is 23.8 Å². The lowest BCUT2D eigenvalue weighted by Crippen LogP contribution is -2.46. The maximum absolute atomic E-state index is 13.2. The van der Waals surface area contributed by atoms with Crippen LogP contribution in [0.1, 0.15) is 25.3 Å². The zero-order valence-corrected chi connectivity index (χ0v) is 16.5. The lowest BCUT2D eigenvalue weighted by atomic mass is 10.0. The Bertz CT molecular complexity index is 937. The Labute approximate surface area is 170 Å². The third-order valence-electron chi connectivity index (χ3n) is 5.84. The predicted molar refractivity (Wildman–Crippen MR) is 111 cm³/mol. The minimum atomic E-state index is -0.279. The normalized spacial score (nSPS) is 23.8. The summed E-state index contributed by atoms with van der Waals surface area (Å²) in [4.78, 5) is 14.6. The van der Waals surface area contributed by atoms with Crippen molar-refractivity contribution in [3.05, 3.63) is 53.8 Å². The van der Waals surface area contributed by atoms with Crippen LogP contribution in [0.25, 0.3) is 11.1 Å². The van der Waals surface area contributed by atoms with Crippen LogP contribution in [0.4, 0.5) is 10.1 Å². The second kappa shape index (κ2) is 8.22. The minimum absolute atomic E-state index is 0.0772. The van der Waals surface area contributed by atoms with Crippen LogP contribution < -0.4 is 15.5 Å². The summed E-state index contributed by atoms with van der Waals surface area (Å²) in [5, 5.41) is 16.1. The number of benzene rings is 2. The fraction of sp³-hybridized carbons (Fsp3) is 0.391. The van der Waals surface area contributed by atoms with Crippen LogP contribution in [-0.2, 0) is 4.79 Å². The summed E-state index contributed by atoms with van der Waals surface area (Å²) >= 11 is 0. The highest BCUT2D eigenvalue weighted by atomic mass is 19.1. The molecule has 0 radical (unpaired) electrons. The first kappa shape index (κ1) is 19.4. The van der Waals surface area contributed by atoms with Gasteiger partial charge in [-0.2, -0.15) is 5.26 Å². The SMILES string of the molecule is CC1CN[C@H](C(=O)NC2CCN(c3ccc(-c4ccc(F)cc4)cc3C#N)C2)C1. The monoisotopic (exact) mass is 392 g/mol. The number of halogens is 1. The van der Waals surface area contributed by atoms with Crippen molar-refractivity contribution in [2.45, 2.75) is 31.8 Å². The highest BCUT2D eigenvalue weighted by Crippen LogP contribution is 2.29. The van der Waals surface area contributed by atoms with E-state index in [4.69, 9.17) is 0 Å². The molecule has 3 atom stereocenters. The lowest BCUT2D eigenvalue weighted by molar-refractivity contribution is -0.123. The summed E-state index contributed by atoms with van der Waals surface area (Å²) in [5.41, 5.74) is 3.22. The van der Waals surface area contributed by atoms with Crippen LogP contribution in [0, 0.1) is 23.1 Å². The molecule has 4 rings (SSSR count). The van der Waals surface area contributed by atoms with Gasteiger partial charge in [-0.15, -0.1) is 0 Å². The lowest BCUT2D eigenvalue weighted by Gasteiger charge is -2.21. The Kier molecular flexibility index (Phi) is 5.50. The van der Waals surface area contributed by atoms with Crippen molar-refractivity contribution in [1.82, 2.24) is 10.6 Å². The first-order valence-electron chi connectivity index (χ1n) is 10.1. The van der Waals surface area contributed by atoms with Crippen LogP contribution in [0.2, 0.25) is 0 Å². The van der Waals surface area contributed by atoms with Gasteiger partial charge in [0, 0.05) is 19.1 Å². The number of amides is 1. The maximum atomic E-state index is 13.2. The Morgan fingerprint density at radius 2 is 2.00 bits per heavy atom. The van der Waals surface area contributed by atoms with Gasteiger partial charge < -0.3 is 15.5 Å². The zero-order valence-electron chi connectivity index (χ0n) is 16.5. The van der Waals surface area contributed by atoms with E-state index in [9.17, 15) is 14.4 Å². The van der Waals surface area contributed by atoms with Crippen LogP contribution in [0.15, 0.2) is 42.5 Å². The number of nitrogens with zero attached hydrogens (tertiary/aromatic N) is 2. The molecule has 0 aromatic heterocycles. The van der Waals surface area contributed by atoms with Crippen molar-refractivity contribution in [1.29, 1.82) is 5.26 Å². The smallest absolute Gasteiger partial charge is 0.237 e. The van der Waals surface area contributed by atoms with Gasteiger partial charge in [-0.25, -0.2) is 4.39 Å². The molecular weight excluding hydrogens is 367 g/mol. The van der Waals surface area contributed by atoms with Gasteiger partial charge in [0.25, 0.3) is 0 Å². The van der Waals surface area contributed by atoms with Gasteiger partial charge in [-0.3, -0.25) is 4.79 Å². The number of nitrogens with one attached hydrogen (secondary N) is 2. The van der Waals surface area contributed by atoms with Crippen molar-refractivity contribution in [3.63, 3.8) is 0 Å². The molecule has 2 heterocycles. The molecule has 150 valence electrons. The molecule has 2 aromatic carbocycles. The summed E-state index contributed by atoms with van der Waals surface area (Å²) in [7, 11) is 0. The average molecular weight is 392 g/mol. The number of anilines is 1. The molecule has 2 fully saturated rings. The summed E-state index contributed by atoms with van der Waals surface area (Å²) in [5.74, 6) is 0.329. The number of carbonyl (C=O) groups is 1. The Morgan fingerprint density at radius 1 is 1.24 bits per heavy atom. The Balaban J connectivity index is 1.44. The molecule has 2 aromatic rings. The molecular formula is C23H25FN4O. The quantitative estimate of drug-likeness (QED) is 0.839. The van der Waals surface area contributed by atoms with Gasteiger partial charge in [0.15, 0.2) is 0 Å². The summed E-state index contributed by atoms with van der Waals surface area (Å²) in [6.45, 7) is 4.53. The molecule has 0 saturated carbocycles. The van der Waals surface area contributed by atoms with Crippen LogP contribution in [0.5, 0.6) is 0 Å². The molecule has 2 N–H and O–H groups in total. The van der Waals surface area contributed by atoms with Crippen molar-refractivity contribution >= 4 is 11.6 Å². The maximum Gasteiger partial charge on any atom is 0.237 e. The molecule has 2 aliphatic rings. The zero-order chi connectivity index (χ0) is 20.4. The largest absolute Gasteiger partial charge is 0.368 e. The highest BCUT2D eigenvalue weighted by Gasteiger charge is 2.31. The van der Waals surface area contributed by atoms with E-state index in [1.54, 1.807) is 12.1 Å². The minimum Gasteiger partial charge on any atom is -0.368 e. The molecule has 0 bridgehead atoms. The van der Waals surface area contributed by atoms with E-state index in [2.05, 4.69) is 28.5 Å². The average Bonchev–Trinajstić information content (AvgIpc) is 3.37. The third-order valence-corrected chi connectivity index (χ3v) is 5.84. The molecule has 2 aliphatic heterocycles. The fourth-order valence-electron chi connectivity index (χ4n) is 4.23. The second-order valence-electron chi connectivity index (χ2n) is 8.09. The second-order valence-corrected chi connectivity index (χ2v) is 8.09. The first-order valence-corrected chi connectivity index (χ1v) is 10.1. The van der Waals surface area contributed by atoms with E-state index >= 15 is 0 Å². The van der Waals surface area contributed by atoms with Crippen molar-refractivity contribution in [3.8, 4) is 17.2 Å². The van der Waals surface area contributed by atoms with E-state index in [0.717, 1.165) is 42.7 Å². The molecule has 0 spiro atoms. The topological polar surface area (TPSA) is 68.2 Å². The van der Waals surface area contributed by atoms with Crippen LogP contribution in [0.3, 0.4) is 0 Å². The Hall–Kier alpha value is -2.91. The molecule has 2 unspecified atom stereocenters. The predicted octanol–water partition coefficient (Wildman–Crippen LogP) is 3.06. The van der Waals surface area contributed by atoms with E-state index in [1.165, 1.54) is 12.1 Å². The molecule has 2 saturated heterocycles. The molecule has 0 aliphatic carbocycles. The van der Waals surface area contributed by atoms with Crippen LogP contribution in [-0.4, -0.2) is 37.6 Å². The standard InChI is InChI=1S/C23H25FN4O/c1-15-10-21(26-13-15)23(29)27-20-8-9-28(14-20)22-7-4-17(11-18(22)12-25)16-2-5-19(24)6-3-16/h2-7,11,15,20-21,26H,8-10,13-14H2,1H3,(H,27,29)/t15?,20?,21-/m0/s1. The van der Waals surface area contributed by atoms with Gasteiger partial charge in [-0.05, 0) is 60.7 Å². The van der Waals surface area contributed by atoms with E-state index < -0.39 is 0 Å². The molecule has 29 heavy (non-hydrogen) atoms. The number of carbonyl (C=O) groups excluding carboxylic acids is 1. The molecule has 6 heteroatoms. The number of hydrogen-bond donors (Lipinski definition) is 2. The van der Waals surface area contributed by atoms with Crippen molar-refractivity contribution in [2.75, 3.05) is 24.5 Å². The van der Waals surface area contributed by atoms with Gasteiger partial charge in [0.05, 0.1) is 17.3 Å². The molecule has 1 amide bonds. The summed E-state index contributed by atoms with van der Waals surface area (Å²) in [6.07, 6.45) is 1.74. The van der Waals surface area contributed by atoms with E-state index in [1.807, 2.05) is 18.2 Å². The molecule has 5 nitrogen and oxygen atoms in total. The summed E-state index contributed by atoms with van der Waals surface area (Å²) < 4.78 is 13.2. The summed E-state index contributed by atoms with van der Waals surface area (Å²) in [6, 6.07) is 14.3. The Morgan fingerprint density at radius 3 is 2.69 bits per heavy atom. The third kappa shape index (κ3) is 4.25. The van der Waals surface area contributed by atoms with Gasteiger partial charge in [-0.1, -0.05) is 25.1 Å². The van der Waals surface area contributed by atoms with Gasteiger partial charge in [0.1, 0.15) is 11.9 Å².